The summed E-state index contributed by atoms with van der Waals surface area (Å²) < 4.78 is 0. The molecule has 1 aliphatic carbocycles. The Morgan fingerprint density at radius 2 is 1.88 bits per heavy atom. The van der Waals surface area contributed by atoms with Crippen molar-refractivity contribution in [1.82, 2.24) is 25.3 Å². The van der Waals surface area contributed by atoms with Crippen molar-refractivity contribution in [1.29, 1.82) is 0 Å². The highest BCUT2D eigenvalue weighted by Crippen LogP contribution is 2.23. The minimum Gasteiger partial charge on any atom is -0.368 e. The number of fused-ring (bicyclic) bond motifs is 2. The van der Waals surface area contributed by atoms with Gasteiger partial charge < -0.3 is 16.4 Å². The number of anilines is 2. The van der Waals surface area contributed by atoms with E-state index in [2.05, 4.69) is 32.5 Å². The van der Waals surface area contributed by atoms with Crippen LogP contribution in [0.1, 0.15) is 46.9 Å². The lowest BCUT2D eigenvalue weighted by molar-refractivity contribution is 0.625. The molecule has 126 valence electrons. The SMILES string of the molecule is Cc1nc(CNc2nc(N)nc3c2CCNC3)nc2c1CCCC2. The molecule has 2 aromatic heterocycles. The molecule has 0 radical (unpaired) electrons. The molecule has 0 bridgehead atoms. The van der Waals surface area contributed by atoms with Crippen molar-refractivity contribution in [3.8, 4) is 0 Å². The number of nitrogens with one attached hydrogen (secondary N) is 2. The van der Waals surface area contributed by atoms with Crippen molar-refractivity contribution in [2.75, 3.05) is 17.6 Å². The first-order chi connectivity index (χ1) is 11.7. The Bertz CT molecular complexity index is 772. The second-order valence-corrected chi connectivity index (χ2v) is 6.49. The molecule has 0 amide bonds. The van der Waals surface area contributed by atoms with Crippen molar-refractivity contribution >= 4 is 11.8 Å². The Kier molecular flexibility index (Phi) is 4.02. The van der Waals surface area contributed by atoms with Gasteiger partial charge in [0.25, 0.3) is 0 Å². The van der Waals surface area contributed by atoms with Crippen LogP contribution in [0.3, 0.4) is 0 Å². The van der Waals surface area contributed by atoms with Crippen LogP contribution in [0.4, 0.5) is 11.8 Å². The Morgan fingerprint density at radius 1 is 1.00 bits per heavy atom. The van der Waals surface area contributed by atoms with Crippen molar-refractivity contribution in [3.05, 3.63) is 34.0 Å². The van der Waals surface area contributed by atoms with E-state index in [9.17, 15) is 0 Å². The summed E-state index contributed by atoms with van der Waals surface area (Å²) in [4.78, 5) is 18.2. The first-order valence-corrected chi connectivity index (χ1v) is 8.66. The third-order valence-electron chi connectivity index (χ3n) is 4.80. The zero-order chi connectivity index (χ0) is 16.5. The lowest BCUT2D eigenvalue weighted by Gasteiger charge is -2.20. The van der Waals surface area contributed by atoms with E-state index in [1.54, 1.807) is 0 Å². The van der Waals surface area contributed by atoms with E-state index >= 15 is 0 Å². The van der Waals surface area contributed by atoms with Gasteiger partial charge in [0, 0.05) is 23.5 Å². The Balaban J connectivity index is 1.57. The lowest BCUT2D eigenvalue weighted by atomic mass is 9.95. The predicted octanol–water partition coefficient (Wildman–Crippen LogP) is 1.29. The van der Waals surface area contributed by atoms with Gasteiger partial charge in [-0.15, -0.1) is 0 Å². The van der Waals surface area contributed by atoms with E-state index in [1.165, 1.54) is 24.1 Å². The molecular weight excluding hydrogens is 302 g/mol. The molecule has 7 heteroatoms. The monoisotopic (exact) mass is 325 g/mol. The summed E-state index contributed by atoms with van der Waals surface area (Å²) in [5.74, 6) is 1.95. The summed E-state index contributed by atoms with van der Waals surface area (Å²) in [6, 6.07) is 0. The highest BCUT2D eigenvalue weighted by molar-refractivity contribution is 5.50. The standard InChI is InChI=1S/C17H23N7/c1-10-11-4-2-3-5-13(11)22-15(21-10)9-20-16-12-6-7-19-8-14(12)23-17(18)24-16/h19H,2-9H2,1H3,(H3,18,20,23,24). The molecule has 4 N–H and O–H groups in total. The van der Waals surface area contributed by atoms with Gasteiger partial charge in [0.2, 0.25) is 5.95 Å². The van der Waals surface area contributed by atoms with E-state index in [1.807, 2.05) is 0 Å². The minimum atomic E-state index is 0.308. The van der Waals surface area contributed by atoms with Gasteiger partial charge in [-0.25, -0.2) is 15.0 Å². The van der Waals surface area contributed by atoms with Gasteiger partial charge in [0.05, 0.1) is 12.2 Å². The largest absolute Gasteiger partial charge is 0.368 e. The maximum atomic E-state index is 5.85. The minimum absolute atomic E-state index is 0.308. The lowest BCUT2D eigenvalue weighted by Crippen LogP contribution is -2.27. The number of nitrogen functional groups attached to an aromatic ring is 1. The molecule has 0 spiro atoms. The van der Waals surface area contributed by atoms with Crippen LogP contribution >= 0.6 is 0 Å². The molecular formula is C17H23N7. The maximum Gasteiger partial charge on any atom is 0.222 e. The van der Waals surface area contributed by atoms with Crippen molar-refractivity contribution in [3.63, 3.8) is 0 Å². The van der Waals surface area contributed by atoms with Gasteiger partial charge in [-0.3, -0.25) is 0 Å². The third-order valence-corrected chi connectivity index (χ3v) is 4.80. The van der Waals surface area contributed by atoms with E-state index < -0.39 is 0 Å². The quantitative estimate of drug-likeness (QED) is 0.781. The molecule has 0 fully saturated rings. The summed E-state index contributed by atoms with van der Waals surface area (Å²) in [6.45, 7) is 4.32. The van der Waals surface area contributed by atoms with Crippen molar-refractivity contribution in [2.24, 2.45) is 0 Å². The maximum absolute atomic E-state index is 5.85. The smallest absolute Gasteiger partial charge is 0.222 e. The molecule has 0 saturated carbocycles. The number of nitrogens with two attached hydrogens (primary N) is 1. The number of nitrogens with zero attached hydrogens (tertiary/aromatic N) is 4. The number of hydrogen-bond acceptors (Lipinski definition) is 7. The summed E-state index contributed by atoms with van der Waals surface area (Å²) in [6.07, 6.45) is 5.54. The van der Waals surface area contributed by atoms with Crippen LogP contribution in [0.2, 0.25) is 0 Å². The Morgan fingerprint density at radius 3 is 2.79 bits per heavy atom. The molecule has 0 saturated heterocycles. The molecule has 3 heterocycles. The molecule has 0 unspecified atom stereocenters. The normalized spacial score (nSPS) is 16.4. The van der Waals surface area contributed by atoms with Crippen LogP contribution in [-0.4, -0.2) is 26.5 Å². The van der Waals surface area contributed by atoms with Crippen LogP contribution in [0.5, 0.6) is 0 Å². The van der Waals surface area contributed by atoms with Gasteiger partial charge in [0.1, 0.15) is 11.6 Å². The second-order valence-electron chi connectivity index (χ2n) is 6.49. The zero-order valence-corrected chi connectivity index (χ0v) is 14.0. The summed E-state index contributed by atoms with van der Waals surface area (Å²) in [5, 5.41) is 6.69. The molecule has 24 heavy (non-hydrogen) atoms. The third kappa shape index (κ3) is 2.91. The van der Waals surface area contributed by atoms with Gasteiger partial charge in [-0.2, -0.15) is 4.98 Å². The van der Waals surface area contributed by atoms with Crippen LogP contribution in [0.25, 0.3) is 0 Å². The van der Waals surface area contributed by atoms with Crippen LogP contribution in [0.15, 0.2) is 0 Å². The predicted molar refractivity (Wildman–Crippen MR) is 92.6 cm³/mol. The van der Waals surface area contributed by atoms with Crippen LogP contribution < -0.4 is 16.4 Å². The van der Waals surface area contributed by atoms with Gasteiger partial charge >= 0.3 is 0 Å². The van der Waals surface area contributed by atoms with Gasteiger partial charge in [-0.05, 0) is 51.1 Å². The Labute approximate surface area is 141 Å². The first-order valence-electron chi connectivity index (χ1n) is 8.66. The molecule has 0 aromatic carbocycles. The molecule has 2 aliphatic rings. The average molecular weight is 325 g/mol. The summed E-state index contributed by atoms with van der Waals surface area (Å²) in [5.41, 5.74) is 11.7. The topological polar surface area (TPSA) is 102 Å². The average Bonchev–Trinajstić information content (AvgIpc) is 2.59. The number of hydrogen-bond donors (Lipinski definition) is 3. The molecule has 2 aromatic rings. The molecule has 4 rings (SSSR count). The summed E-state index contributed by atoms with van der Waals surface area (Å²) in [7, 11) is 0. The second kappa shape index (κ2) is 6.32. The van der Waals surface area contributed by atoms with Crippen molar-refractivity contribution in [2.45, 2.75) is 52.1 Å². The first kappa shape index (κ1) is 15.3. The molecule has 1 aliphatic heterocycles. The molecule has 0 atom stereocenters. The summed E-state index contributed by atoms with van der Waals surface area (Å²) >= 11 is 0. The van der Waals surface area contributed by atoms with Gasteiger partial charge in [0.15, 0.2) is 0 Å². The molecule has 7 nitrogen and oxygen atoms in total. The van der Waals surface area contributed by atoms with Crippen LogP contribution in [0, 0.1) is 6.92 Å². The van der Waals surface area contributed by atoms with E-state index in [-0.39, 0.29) is 0 Å². The fourth-order valence-electron chi connectivity index (χ4n) is 3.61. The number of aromatic nitrogens is 4. The van der Waals surface area contributed by atoms with Crippen LogP contribution in [-0.2, 0) is 32.4 Å². The van der Waals surface area contributed by atoms with E-state index in [4.69, 9.17) is 10.7 Å². The van der Waals surface area contributed by atoms with Gasteiger partial charge in [-0.1, -0.05) is 0 Å². The van der Waals surface area contributed by atoms with Crippen molar-refractivity contribution < 1.29 is 0 Å². The highest BCUT2D eigenvalue weighted by atomic mass is 15.1. The number of rotatable bonds is 3. The fraction of sp³-hybridized carbons (Fsp3) is 0.529. The van der Waals surface area contributed by atoms with E-state index in [0.717, 1.165) is 60.9 Å². The zero-order valence-electron chi connectivity index (χ0n) is 14.0. The highest BCUT2D eigenvalue weighted by Gasteiger charge is 2.18. The van der Waals surface area contributed by atoms with E-state index in [0.29, 0.717) is 12.5 Å². The number of aryl methyl sites for hydroxylation is 2. The fourth-order valence-corrected chi connectivity index (χ4v) is 3.61. The Hall–Kier alpha value is -2.28.